The van der Waals surface area contributed by atoms with Crippen LogP contribution < -0.4 is 0 Å². The Morgan fingerprint density at radius 2 is 1.33 bits per heavy atom. The summed E-state index contributed by atoms with van der Waals surface area (Å²) in [7, 11) is 0. The first-order chi connectivity index (χ1) is 14.8. The molecule has 6 heteroatoms. The smallest absolute Gasteiger partial charge is 0.184 e. The van der Waals surface area contributed by atoms with E-state index in [1.54, 1.807) is 0 Å². The molecule has 0 amide bonds. The van der Waals surface area contributed by atoms with E-state index >= 15 is 0 Å². The van der Waals surface area contributed by atoms with E-state index in [1.165, 1.54) is 0 Å². The molecular weight excluding hydrogens is 384 g/mol. The van der Waals surface area contributed by atoms with Crippen LogP contribution in [0.5, 0.6) is 0 Å². The highest BCUT2D eigenvalue weighted by Gasteiger charge is 2.48. The predicted octanol–water partition coefficient (Wildman–Crippen LogP) is 3.99. The molecule has 2 aromatic carbocycles. The van der Waals surface area contributed by atoms with Gasteiger partial charge in [-0.1, -0.05) is 88.4 Å². The van der Waals surface area contributed by atoms with Gasteiger partial charge in [0.15, 0.2) is 12.6 Å². The van der Waals surface area contributed by atoms with Gasteiger partial charge in [-0.2, -0.15) is 0 Å². The first kappa shape index (κ1) is 24.5. The SMILES string of the molecule is CC.CC.OCC(O)C1OC(c2ccccc2)OC2COC(c3ccccc3)OC21. The fraction of sp³-hybridized carbons (Fsp3) is 0.500. The van der Waals surface area contributed by atoms with Gasteiger partial charge in [0.1, 0.15) is 24.4 Å². The lowest BCUT2D eigenvalue weighted by atomic mass is 9.99. The molecule has 0 aromatic heterocycles. The third-order valence-electron chi connectivity index (χ3n) is 4.67. The molecule has 6 atom stereocenters. The average molecular weight is 419 g/mol. The number of hydrogen-bond acceptors (Lipinski definition) is 6. The van der Waals surface area contributed by atoms with Gasteiger partial charge in [0, 0.05) is 11.1 Å². The van der Waals surface area contributed by atoms with Crippen LogP contribution in [0, 0.1) is 0 Å². The van der Waals surface area contributed by atoms with Crippen molar-refractivity contribution in [2.24, 2.45) is 0 Å². The number of benzene rings is 2. The summed E-state index contributed by atoms with van der Waals surface area (Å²) < 4.78 is 23.9. The van der Waals surface area contributed by atoms with Gasteiger partial charge >= 0.3 is 0 Å². The molecule has 0 saturated carbocycles. The molecule has 0 aliphatic carbocycles. The highest BCUT2D eigenvalue weighted by Crippen LogP contribution is 2.38. The summed E-state index contributed by atoms with van der Waals surface area (Å²) in [5.74, 6) is 0. The minimum atomic E-state index is -1.08. The summed E-state index contributed by atoms with van der Waals surface area (Å²) >= 11 is 0. The molecule has 6 unspecified atom stereocenters. The molecule has 2 aliphatic rings. The van der Waals surface area contributed by atoms with Crippen molar-refractivity contribution in [1.29, 1.82) is 0 Å². The van der Waals surface area contributed by atoms with Crippen molar-refractivity contribution in [2.45, 2.75) is 64.7 Å². The minimum Gasteiger partial charge on any atom is -0.394 e. The van der Waals surface area contributed by atoms with Crippen LogP contribution in [0.2, 0.25) is 0 Å². The Morgan fingerprint density at radius 3 is 1.87 bits per heavy atom. The second kappa shape index (κ2) is 12.8. The maximum absolute atomic E-state index is 10.3. The van der Waals surface area contributed by atoms with Crippen LogP contribution in [0.15, 0.2) is 60.7 Å². The lowest BCUT2D eigenvalue weighted by Gasteiger charge is -2.47. The van der Waals surface area contributed by atoms with Crippen molar-refractivity contribution in [1.82, 2.24) is 0 Å². The molecule has 2 fully saturated rings. The molecule has 6 nitrogen and oxygen atoms in total. The molecular formula is C24H34O6. The van der Waals surface area contributed by atoms with Gasteiger partial charge in [-0.3, -0.25) is 0 Å². The lowest BCUT2D eigenvalue weighted by Crippen LogP contribution is -2.58. The standard InChI is InChI=1S/C20H22O6.2C2H6/c21-11-15(22)17-18-16(24-20(25-17)14-9-5-2-6-10-14)12-23-19(26-18)13-7-3-1-4-8-13;2*1-2/h1-10,15-22H,11-12H2;2*1-2H3. The zero-order chi connectivity index (χ0) is 21.9. The maximum Gasteiger partial charge on any atom is 0.184 e. The van der Waals surface area contributed by atoms with E-state index in [4.69, 9.17) is 18.9 Å². The summed E-state index contributed by atoms with van der Waals surface area (Å²) in [6, 6.07) is 19.1. The molecule has 2 aliphatic heterocycles. The van der Waals surface area contributed by atoms with Crippen LogP contribution in [-0.2, 0) is 18.9 Å². The first-order valence-corrected chi connectivity index (χ1v) is 10.7. The van der Waals surface area contributed by atoms with E-state index in [-0.39, 0.29) is 0 Å². The second-order valence-corrected chi connectivity index (χ2v) is 6.44. The number of ether oxygens (including phenoxy) is 4. The molecule has 2 heterocycles. The number of rotatable bonds is 4. The van der Waals surface area contributed by atoms with Gasteiger partial charge in [0.2, 0.25) is 0 Å². The topological polar surface area (TPSA) is 77.4 Å². The van der Waals surface area contributed by atoms with E-state index in [9.17, 15) is 10.2 Å². The molecule has 4 rings (SSSR count). The fourth-order valence-electron chi connectivity index (χ4n) is 3.33. The van der Waals surface area contributed by atoms with Crippen LogP contribution >= 0.6 is 0 Å². The van der Waals surface area contributed by atoms with Crippen molar-refractivity contribution in [3.05, 3.63) is 71.8 Å². The molecule has 0 bridgehead atoms. The van der Waals surface area contributed by atoms with E-state index in [1.807, 2.05) is 88.4 Å². The van der Waals surface area contributed by atoms with Crippen LogP contribution in [0.3, 0.4) is 0 Å². The third kappa shape index (κ3) is 5.88. The van der Waals surface area contributed by atoms with Gasteiger partial charge < -0.3 is 29.2 Å². The normalized spacial score (nSPS) is 28.7. The number of aliphatic hydroxyl groups is 2. The quantitative estimate of drug-likeness (QED) is 0.782. The van der Waals surface area contributed by atoms with Crippen LogP contribution in [-0.4, -0.2) is 47.8 Å². The summed E-state index contributed by atoms with van der Waals surface area (Å²) in [5.41, 5.74) is 1.72. The Morgan fingerprint density at radius 1 is 0.800 bits per heavy atom. The molecule has 0 spiro atoms. The summed E-state index contributed by atoms with van der Waals surface area (Å²) in [5, 5.41) is 19.8. The summed E-state index contributed by atoms with van der Waals surface area (Å²) in [6.07, 6.45) is -3.96. The van der Waals surface area contributed by atoms with E-state index in [0.717, 1.165) is 11.1 Å². The van der Waals surface area contributed by atoms with Crippen molar-refractivity contribution in [2.75, 3.05) is 13.2 Å². The monoisotopic (exact) mass is 418 g/mol. The van der Waals surface area contributed by atoms with Gasteiger partial charge in [0.05, 0.1) is 13.2 Å². The van der Waals surface area contributed by atoms with E-state index < -0.39 is 43.6 Å². The predicted molar refractivity (Wildman–Crippen MR) is 115 cm³/mol. The van der Waals surface area contributed by atoms with Crippen molar-refractivity contribution in [3.63, 3.8) is 0 Å². The van der Waals surface area contributed by atoms with Crippen molar-refractivity contribution in [3.8, 4) is 0 Å². The van der Waals surface area contributed by atoms with Crippen LogP contribution in [0.25, 0.3) is 0 Å². The van der Waals surface area contributed by atoms with Crippen LogP contribution in [0.1, 0.15) is 51.4 Å². The highest BCUT2D eigenvalue weighted by atomic mass is 16.8. The van der Waals surface area contributed by atoms with E-state index in [0.29, 0.717) is 6.61 Å². The third-order valence-corrected chi connectivity index (χ3v) is 4.67. The molecule has 2 aromatic rings. The van der Waals surface area contributed by atoms with Crippen molar-refractivity contribution >= 4 is 0 Å². The second-order valence-electron chi connectivity index (χ2n) is 6.44. The fourth-order valence-corrected chi connectivity index (χ4v) is 3.33. The van der Waals surface area contributed by atoms with Crippen LogP contribution in [0.4, 0.5) is 0 Å². The minimum absolute atomic E-state index is 0.311. The van der Waals surface area contributed by atoms with Gasteiger partial charge in [-0.25, -0.2) is 0 Å². The number of hydrogen-bond donors (Lipinski definition) is 2. The zero-order valence-corrected chi connectivity index (χ0v) is 18.2. The Balaban J connectivity index is 0.000000757. The zero-order valence-electron chi connectivity index (χ0n) is 18.2. The summed E-state index contributed by atoms with van der Waals surface area (Å²) in [4.78, 5) is 0. The molecule has 2 N–H and O–H groups in total. The van der Waals surface area contributed by atoms with Gasteiger partial charge in [-0.15, -0.1) is 0 Å². The van der Waals surface area contributed by atoms with Gasteiger partial charge in [-0.05, 0) is 0 Å². The molecule has 30 heavy (non-hydrogen) atoms. The van der Waals surface area contributed by atoms with Crippen molar-refractivity contribution < 1.29 is 29.2 Å². The average Bonchev–Trinajstić information content (AvgIpc) is 2.86. The Labute approximate surface area is 179 Å². The Bertz CT molecular complexity index is 693. The van der Waals surface area contributed by atoms with E-state index in [2.05, 4.69) is 0 Å². The molecule has 166 valence electrons. The Kier molecular flexibility index (Phi) is 10.4. The highest BCUT2D eigenvalue weighted by molar-refractivity contribution is 5.18. The largest absolute Gasteiger partial charge is 0.394 e. The number of aliphatic hydroxyl groups excluding tert-OH is 2. The molecule has 2 saturated heterocycles. The Hall–Kier alpha value is -1.80. The molecule has 0 radical (unpaired) electrons. The maximum atomic E-state index is 10.3. The number of fused-ring (bicyclic) bond motifs is 1. The first-order valence-electron chi connectivity index (χ1n) is 10.7. The van der Waals surface area contributed by atoms with Gasteiger partial charge in [0.25, 0.3) is 0 Å². The summed E-state index contributed by atoms with van der Waals surface area (Å²) in [6.45, 7) is 7.89. The lowest BCUT2D eigenvalue weighted by molar-refractivity contribution is -0.373.